The summed E-state index contributed by atoms with van der Waals surface area (Å²) in [7, 11) is 1.53. The fourth-order valence-electron chi connectivity index (χ4n) is 3.84. The number of hydrogen-bond acceptors (Lipinski definition) is 6. The van der Waals surface area contributed by atoms with Gasteiger partial charge in [0.15, 0.2) is 5.78 Å². The number of carbonyl (C=O) groups is 3. The van der Waals surface area contributed by atoms with Gasteiger partial charge in [-0.25, -0.2) is 14.1 Å². The van der Waals surface area contributed by atoms with E-state index in [1.807, 2.05) is 19.1 Å². The average Bonchev–Trinajstić information content (AvgIpc) is 2.85. The number of esters is 1. The van der Waals surface area contributed by atoms with E-state index in [1.165, 1.54) is 49.3 Å². The molecule has 1 amide bonds. The normalized spacial score (nSPS) is 11.5. The molecule has 9 heteroatoms. The van der Waals surface area contributed by atoms with Gasteiger partial charge in [-0.15, -0.1) is 0 Å². The molecular weight excluding hydrogens is 513 g/mol. The van der Waals surface area contributed by atoms with Gasteiger partial charge < -0.3 is 14.2 Å². The van der Waals surface area contributed by atoms with E-state index in [1.54, 1.807) is 25.1 Å². The maximum absolute atomic E-state index is 13.8. The molecule has 3 aromatic rings. The number of ketones is 1. The summed E-state index contributed by atoms with van der Waals surface area (Å²) < 4.78 is 29.3. The molecule has 0 aliphatic carbocycles. The summed E-state index contributed by atoms with van der Waals surface area (Å²) in [5.74, 6) is -1.29. The number of halogens is 2. The van der Waals surface area contributed by atoms with Crippen LogP contribution in [0.3, 0.4) is 0 Å². The van der Waals surface area contributed by atoms with Crippen molar-refractivity contribution in [3.63, 3.8) is 0 Å². The maximum Gasteiger partial charge on any atom is 0.422 e. The van der Waals surface area contributed by atoms with Crippen molar-refractivity contribution in [3.8, 4) is 0 Å². The molecule has 0 saturated carbocycles. The topological polar surface area (TPSA) is 82.1 Å². The zero-order chi connectivity index (χ0) is 27.8. The SMILES string of the molecule is COCCCC(=O)OC(C)OC(=O)N(c1ccc(C(=O)c2ccccc2C)c(Cl)c1)c1ccc(F)cc1C. The van der Waals surface area contributed by atoms with Crippen molar-refractivity contribution in [2.75, 3.05) is 18.6 Å². The molecule has 0 radical (unpaired) electrons. The Morgan fingerprint density at radius 3 is 2.34 bits per heavy atom. The van der Waals surface area contributed by atoms with Gasteiger partial charge in [-0.3, -0.25) is 9.59 Å². The Balaban J connectivity index is 1.91. The molecule has 0 aliphatic heterocycles. The van der Waals surface area contributed by atoms with Crippen molar-refractivity contribution in [2.24, 2.45) is 0 Å². The number of rotatable bonds is 10. The first-order chi connectivity index (χ1) is 18.1. The Morgan fingerprint density at radius 1 is 0.947 bits per heavy atom. The van der Waals surface area contributed by atoms with Crippen LogP contribution in [0, 0.1) is 19.7 Å². The summed E-state index contributed by atoms with van der Waals surface area (Å²) in [6.07, 6.45) is -1.52. The van der Waals surface area contributed by atoms with Crippen LogP contribution in [0.25, 0.3) is 0 Å². The summed E-state index contributed by atoms with van der Waals surface area (Å²) in [6.45, 7) is 5.27. The quantitative estimate of drug-likeness (QED) is 0.120. The van der Waals surface area contributed by atoms with E-state index in [9.17, 15) is 18.8 Å². The van der Waals surface area contributed by atoms with Crippen LogP contribution in [0.5, 0.6) is 0 Å². The highest BCUT2D eigenvalue weighted by molar-refractivity contribution is 6.35. The highest BCUT2D eigenvalue weighted by atomic mass is 35.5. The Labute approximate surface area is 226 Å². The minimum absolute atomic E-state index is 0.0997. The van der Waals surface area contributed by atoms with Crippen LogP contribution in [0.1, 0.15) is 46.8 Å². The van der Waals surface area contributed by atoms with Crippen LogP contribution in [-0.4, -0.2) is 37.9 Å². The highest BCUT2D eigenvalue weighted by Crippen LogP contribution is 2.34. The summed E-state index contributed by atoms with van der Waals surface area (Å²) in [5, 5.41) is 0.117. The number of benzene rings is 3. The van der Waals surface area contributed by atoms with E-state index in [0.717, 1.165) is 5.56 Å². The van der Waals surface area contributed by atoms with E-state index in [-0.39, 0.29) is 28.5 Å². The molecule has 7 nitrogen and oxygen atoms in total. The number of ether oxygens (including phenoxy) is 3. The van der Waals surface area contributed by atoms with Crippen molar-refractivity contribution >= 4 is 40.8 Å². The minimum Gasteiger partial charge on any atom is -0.425 e. The van der Waals surface area contributed by atoms with Gasteiger partial charge in [0.2, 0.25) is 6.29 Å². The number of aryl methyl sites for hydroxylation is 2. The van der Waals surface area contributed by atoms with E-state index < -0.39 is 24.2 Å². The molecule has 0 aliphatic rings. The third kappa shape index (κ3) is 7.18. The van der Waals surface area contributed by atoms with Crippen LogP contribution in [0.2, 0.25) is 5.02 Å². The zero-order valence-electron chi connectivity index (χ0n) is 21.6. The van der Waals surface area contributed by atoms with Crippen molar-refractivity contribution in [1.82, 2.24) is 0 Å². The molecule has 0 saturated heterocycles. The third-order valence-corrected chi connectivity index (χ3v) is 6.03. The Morgan fingerprint density at radius 2 is 1.68 bits per heavy atom. The maximum atomic E-state index is 13.8. The molecule has 1 unspecified atom stereocenters. The lowest BCUT2D eigenvalue weighted by molar-refractivity contribution is -0.164. The highest BCUT2D eigenvalue weighted by Gasteiger charge is 2.26. The van der Waals surface area contributed by atoms with Gasteiger partial charge in [0.25, 0.3) is 0 Å². The third-order valence-electron chi connectivity index (χ3n) is 5.72. The summed E-state index contributed by atoms with van der Waals surface area (Å²) >= 11 is 6.52. The van der Waals surface area contributed by atoms with Crippen LogP contribution < -0.4 is 4.90 Å². The standard InChI is InChI=1S/C29H29ClFNO6/c1-18-8-5-6-9-23(18)28(34)24-13-12-22(17-25(24)30)32(26-14-11-21(31)16-19(26)2)29(35)38-20(3)37-27(33)10-7-15-36-4/h5-6,8-9,11-14,16-17,20H,7,10,15H2,1-4H3. The molecule has 0 spiro atoms. The molecular formula is C29H29ClFNO6. The molecule has 200 valence electrons. The van der Waals surface area contributed by atoms with Crippen LogP contribution in [0.4, 0.5) is 20.6 Å². The predicted molar refractivity (Wildman–Crippen MR) is 142 cm³/mol. The molecule has 3 aromatic carbocycles. The van der Waals surface area contributed by atoms with E-state index in [4.69, 9.17) is 25.8 Å². The monoisotopic (exact) mass is 541 g/mol. The largest absolute Gasteiger partial charge is 0.425 e. The van der Waals surface area contributed by atoms with Crippen LogP contribution in [0.15, 0.2) is 60.7 Å². The predicted octanol–water partition coefficient (Wildman–Crippen LogP) is 6.92. The van der Waals surface area contributed by atoms with Crippen molar-refractivity contribution in [1.29, 1.82) is 0 Å². The first kappa shape index (κ1) is 28.8. The van der Waals surface area contributed by atoms with Gasteiger partial charge in [-0.1, -0.05) is 35.9 Å². The zero-order valence-corrected chi connectivity index (χ0v) is 22.4. The summed E-state index contributed by atoms with van der Waals surface area (Å²) in [5.41, 5.74) is 2.61. The van der Waals surface area contributed by atoms with Crippen molar-refractivity contribution < 1.29 is 33.0 Å². The lowest BCUT2D eigenvalue weighted by atomic mass is 9.99. The van der Waals surface area contributed by atoms with Gasteiger partial charge >= 0.3 is 12.1 Å². The number of hydrogen-bond donors (Lipinski definition) is 0. The van der Waals surface area contributed by atoms with Gasteiger partial charge in [0.1, 0.15) is 5.82 Å². The minimum atomic E-state index is -1.20. The Bertz CT molecular complexity index is 1330. The molecule has 0 fully saturated rings. The number of nitrogens with zero attached hydrogens (tertiary/aromatic N) is 1. The first-order valence-corrected chi connectivity index (χ1v) is 12.4. The van der Waals surface area contributed by atoms with Gasteiger partial charge in [-0.05, 0) is 67.8 Å². The smallest absolute Gasteiger partial charge is 0.422 e. The van der Waals surface area contributed by atoms with Crippen LogP contribution >= 0.6 is 11.6 Å². The molecule has 0 bridgehead atoms. The fourth-order valence-corrected chi connectivity index (χ4v) is 4.10. The number of amides is 1. The lowest BCUT2D eigenvalue weighted by Gasteiger charge is -2.26. The second-order valence-electron chi connectivity index (χ2n) is 8.61. The Kier molecular flexibility index (Phi) is 9.98. The summed E-state index contributed by atoms with van der Waals surface area (Å²) in [4.78, 5) is 39.6. The van der Waals surface area contributed by atoms with Gasteiger partial charge in [0, 0.05) is 38.2 Å². The Hall–Kier alpha value is -3.75. The number of carbonyl (C=O) groups excluding carboxylic acids is 3. The molecule has 38 heavy (non-hydrogen) atoms. The van der Waals surface area contributed by atoms with Gasteiger partial charge in [0.05, 0.1) is 16.4 Å². The second kappa shape index (κ2) is 13.2. The number of methoxy groups -OCH3 is 1. The van der Waals surface area contributed by atoms with Gasteiger partial charge in [-0.2, -0.15) is 0 Å². The van der Waals surface area contributed by atoms with Crippen molar-refractivity contribution in [3.05, 3.63) is 93.8 Å². The second-order valence-corrected chi connectivity index (χ2v) is 9.02. The van der Waals surface area contributed by atoms with E-state index in [2.05, 4.69) is 0 Å². The lowest BCUT2D eigenvalue weighted by Crippen LogP contribution is -2.32. The van der Waals surface area contributed by atoms with E-state index >= 15 is 0 Å². The van der Waals surface area contributed by atoms with Crippen molar-refractivity contribution in [2.45, 2.75) is 39.9 Å². The number of anilines is 2. The molecule has 0 heterocycles. The fraction of sp³-hybridized carbons (Fsp3) is 0.276. The molecule has 0 N–H and O–H groups in total. The molecule has 3 rings (SSSR count). The first-order valence-electron chi connectivity index (χ1n) is 12.0. The summed E-state index contributed by atoms with van der Waals surface area (Å²) in [6, 6.07) is 15.6. The van der Waals surface area contributed by atoms with Crippen LogP contribution in [-0.2, 0) is 19.0 Å². The molecule has 1 atom stereocenters. The van der Waals surface area contributed by atoms with E-state index in [0.29, 0.717) is 29.8 Å². The molecule has 0 aromatic heterocycles. The average molecular weight is 542 g/mol.